The van der Waals surface area contributed by atoms with Gasteiger partial charge >= 0.3 is 0 Å². The molecule has 0 unspecified atom stereocenters. The van der Waals surface area contributed by atoms with Crippen molar-refractivity contribution in [2.75, 3.05) is 0 Å². The minimum atomic E-state index is -0.0619. The number of aliphatic imine (C=N–C) groups is 1. The van der Waals surface area contributed by atoms with Gasteiger partial charge in [0.25, 0.3) is 0 Å². The second-order valence-corrected chi connectivity index (χ2v) is 2.19. The Morgan fingerprint density at radius 2 is 2.62 bits per heavy atom. The Bertz CT molecular complexity index is 169. The fraction of sp³-hybridized carbons (Fsp3) is 0.200. The van der Waals surface area contributed by atoms with Crippen LogP contribution in [0.5, 0.6) is 0 Å². The van der Waals surface area contributed by atoms with Crippen molar-refractivity contribution in [2.24, 2.45) is 4.99 Å². The molecule has 0 aliphatic carbocycles. The van der Waals surface area contributed by atoms with Gasteiger partial charge in [-0.05, 0) is 22.0 Å². The first-order valence-electron chi connectivity index (χ1n) is 2.14. The Kier molecular flexibility index (Phi) is 1.58. The van der Waals surface area contributed by atoms with Crippen molar-refractivity contribution in [1.29, 1.82) is 0 Å². The maximum atomic E-state index is 10.3. The Morgan fingerprint density at radius 1 is 1.88 bits per heavy atom. The van der Waals surface area contributed by atoms with Crippen molar-refractivity contribution >= 4 is 27.9 Å². The molecular weight excluding hydrogens is 170 g/mol. The van der Waals surface area contributed by atoms with Crippen LogP contribution in [0.3, 0.4) is 0 Å². The first-order chi connectivity index (χ1) is 3.79. The molecule has 1 rings (SSSR count). The van der Waals surface area contributed by atoms with Crippen LogP contribution >= 0.6 is 15.9 Å². The van der Waals surface area contributed by atoms with Crippen molar-refractivity contribution < 1.29 is 4.79 Å². The largest absolute Gasteiger partial charge is 0.292 e. The first-order valence-corrected chi connectivity index (χ1v) is 2.93. The van der Waals surface area contributed by atoms with E-state index in [1.165, 1.54) is 0 Å². The molecule has 8 heavy (non-hydrogen) atoms. The summed E-state index contributed by atoms with van der Waals surface area (Å²) >= 11 is 3.10. The molecule has 0 atom stereocenters. The Labute approximate surface area is 55.4 Å². The van der Waals surface area contributed by atoms with E-state index in [1.54, 1.807) is 6.08 Å². The maximum Gasteiger partial charge on any atom is 0.187 e. The molecule has 1 aliphatic rings. The van der Waals surface area contributed by atoms with E-state index in [9.17, 15) is 4.79 Å². The second kappa shape index (κ2) is 2.22. The van der Waals surface area contributed by atoms with Crippen LogP contribution in [-0.2, 0) is 4.79 Å². The number of hydrogen-bond acceptors (Lipinski definition) is 2. The number of ketones is 1. The van der Waals surface area contributed by atoms with Crippen molar-refractivity contribution in [2.45, 2.75) is 6.42 Å². The zero-order valence-corrected chi connectivity index (χ0v) is 5.60. The van der Waals surface area contributed by atoms with Gasteiger partial charge in [0.15, 0.2) is 5.78 Å². The topological polar surface area (TPSA) is 29.4 Å². The highest BCUT2D eigenvalue weighted by atomic mass is 79.9. The Balaban J connectivity index is 2.71. The van der Waals surface area contributed by atoms with Gasteiger partial charge in [0.2, 0.25) is 0 Å². The smallest absolute Gasteiger partial charge is 0.187 e. The number of Topliss-reactive ketones (excluding diaryl/α,β-unsaturated/α-hetero) is 1. The van der Waals surface area contributed by atoms with Gasteiger partial charge in [-0.3, -0.25) is 4.79 Å². The summed E-state index contributed by atoms with van der Waals surface area (Å²) in [5.41, 5.74) is 0. The van der Waals surface area contributed by atoms with Gasteiger partial charge in [-0.15, -0.1) is 0 Å². The molecule has 0 aromatic carbocycles. The molecule has 0 spiro atoms. The fourth-order valence-corrected chi connectivity index (χ4v) is 0.634. The molecule has 2 nitrogen and oxygen atoms in total. The lowest BCUT2D eigenvalue weighted by molar-refractivity contribution is -0.111. The molecule has 3 heteroatoms. The fourth-order valence-electron chi connectivity index (χ4n) is 0.384. The lowest BCUT2D eigenvalue weighted by Gasteiger charge is -1.93. The lowest BCUT2D eigenvalue weighted by Crippen LogP contribution is -1.99. The van der Waals surface area contributed by atoms with Gasteiger partial charge < -0.3 is 0 Å². The molecule has 0 N–H and O–H groups in total. The summed E-state index contributed by atoms with van der Waals surface area (Å²) in [4.78, 5) is 13.9. The van der Waals surface area contributed by atoms with E-state index in [0.717, 1.165) is 0 Å². The molecule has 0 saturated heterocycles. The minimum Gasteiger partial charge on any atom is -0.292 e. The van der Waals surface area contributed by atoms with Gasteiger partial charge in [0.05, 0.1) is 0 Å². The van der Waals surface area contributed by atoms with E-state index in [2.05, 4.69) is 27.1 Å². The molecule has 0 saturated carbocycles. The standard InChI is InChI=1S/C5H3BrNO/c6-5-2-1-4(8)3-7-5/h2H,1H2. The van der Waals surface area contributed by atoms with E-state index in [-0.39, 0.29) is 5.78 Å². The van der Waals surface area contributed by atoms with E-state index in [4.69, 9.17) is 0 Å². The van der Waals surface area contributed by atoms with Crippen LogP contribution in [0.2, 0.25) is 0 Å². The highest BCUT2D eigenvalue weighted by Crippen LogP contribution is 2.09. The number of hydrogen-bond donors (Lipinski definition) is 0. The predicted molar refractivity (Wildman–Crippen MR) is 34.1 cm³/mol. The van der Waals surface area contributed by atoms with Crippen molar-refractivity contribution in [1.82, 2.24) is 0 Å². The van der Waals surface area contributed by atoms with Crippen LogP contribution < -0.4 is 0 Å². The number of carbonyl (C=O) groups excluding carboxylic acids is 1. The number of carbonyl (C=O) groups is 1. The van der Waals surface area contributed by atoms with E-state index >= 15 is 0 Å². The summed E-state index contributed by atoms with van der Waals surface area (Å²) in [6.07, 6.45) is 4.43. The highest BCUT2D eigenvalue weighted by Gasteiger charge is 2.01. The summed E-state index contributed by atoms with van der Waals surface area (Å²) in [5.74, 6) is -0.0619. The van der Waals surface area contributed by atoms with Crippen molar-refractivity contribution in [3.05, 3.63) is 10.7 Å². The molecule has 0 bridgehead atoms. The normalized spacial score (nSPS) is 18.6. The van der Waals surface area contributed by atoms with Crippen LogP contribution in [-0.4, -0.2) is 12.0 Å². The third-order valence-electron chi connectivity index (χ3n) is 0.743. The van der Waals surface area contributed by atoms with E-state index in [0.29, 0.717) is 11.0 Å². The van der Waals surface area contributed by atoms with Crippen LogP contribution in [0.4, 0.5) is 0 Å². The van der Waals surface area contributed by atoms with Gasteiger partial charge in [0, 0.05) is 6.42 Å². The van der Waals surface area contributed by atoms with Crippen LogP contribution in [0.15, 0.2) is 15.7 Å². The van der Waals surface area contributed by atoms with Crippen LogP contribution in [0, 0.1) is 0 Å². The SMILES string of the molecule is O=C1[C]=NC(Br)=CC1. The minimum absolute atomic E-state index is 0.0619. The Hall–Kier alpha value is -0.440. The van der Waals surface area contributed by atoms with Gasteiger partial charge in [0.1, 0.15) is 10.8 Å². The molecule has 1 radical (unpaired) electrons. The van der Waals surface area contributed by atoms with Crippen LogP contribution in [0.1, 0.15) is 6.42 Å². The summed E-state index contributed by atoms with van der Waals surface area (Å²) in [5, 5.41) is 0. The number of halogens is 1. The average molecular weight is 173 g/mol. The van der Waals surface area contributed by atoms with Gasteiger partial charge in [-0.25, -0.2) is 4.99 Å². The molecule has 41 valence electrons. The third-order valence-corrected chi connectivity index (χ3v) is 1.24. The highest BCUT2D eigenvalue weighted by molar-refractivity contribution is 9.11. The van der Waals surface area contributed by atoms with Gasteiger partial charge in [-0.2, -0.15) is 0 Å². The molecule has 0 aromatic rings. The molecular formula is C5H3BrNO. The Morgan fingerprint density at radius 3 is 3.00 bits per heavy atom. The summed E-state index contributed by atoms with van der Waals surface area (Å²) in [7, 11) is 0. The second-order valence-electron chi connectivity index (χ2n) is 1.38. The van der Waals surface area contributed by atoms with Crippen molar-refractivity contribution in [3.8, 4) is 0 Å². The predicted octanol–water partition coefficient (Wildman–Crippen LogP) is 1.14. The third kappa shape index (κ3) is 1.26. The van der Waals surface area contributed by atoms with Gasteiger partial charge in [-0.1, -0.05) is 0 Å². The molecule has 1 aliphatic heterocycles. The number of rotatable bonds is 0. The number of allylic oxidation sites excluding steroid dienone is 1. The van der Waals surface area contributed by atoms with Crippen molar-refractivity contribution in [3.63, 3.8) is 0 Å². The summed E-state index contributed by atoms with van der Waals surface area (Å²) in [6.45, 7) is 0. The van der Waals surface area contributed by atoms with E-state index in [1.807, 2.05) is 0 Å². The maximum absolute atomic E-state index is 10.3. The average Bonchev–Trinajstić information content (AvgIpc) is 1.77. The molecule has 0 fully saturated rings. The molecule has 0 amide bonds. The molecule has 0 aromatic heterocycles. The zero-order valence-electron chi connectivity index (χ0n) is 4.02. The quantitative estimate of drug-likeness (QED) is 0.505. The number of nitrogens with zero attached hydrogens (tertiary/aromatic N) is 1. The summed E-state index contributed by atoms with van der Waals surface area (Å²) < 4.78 is 0.692. The first kappa shape index (κ1) is 5.69. The lowest BCUT2D eigenvalue weighted by atomic mass is 10.3. The van der Waals surface area contributed by atoms with E-state index < -0.39 is 0 Å². The summed E-state index contributed by atoms with van der Waals surface area (Å²) in [6, 6.07) is 0. The molecule has 1 heterocycles. The monoisotopic (exact) mass is 172 g/mol. The van der Waals surface area contributed by atoms with Crippen LogP contribution in [0.25, 0.3) is 0 Å². The zero-order chi connectivity index (χ0) is 5.98.